The van der Waals surface area contributed by atoms with Crippen molar-refractivity contribution >= 4 is 41.7 Å². The molecule has 2 N–H and O–H groups in total. The van der Waals surface area contributed by atoms with E-state index in [4.69, 9.17) is 10.5 Å². The van der Waals surface area contributed by atoms with Crippen LogP contribution in [0.3, 0.4) is 0 Å². The van der Waals surface area contributed by atoms with Gasteiger partial charge in [-0.05, 0) is 18.6 Å². The molecule has 0 aliphatic carbocycles. The second-order valence-electron chi connectivity index (χ2n) is 3.93. The SMILES string of the molecule is I.NC(=NCC1CCCS1)N1CCOCC1. The van der Waals surface area contributed by atoms with Crippen molar-refractivity contribution in [3.8, 4) is 0 Å². The van der Waals surface area contributed by atoms with Gasteiger partial charge in [-0.15, -0.1) is 24.0 Å². The molecule has 0 amide bonds. The zero-order valence-corrected chi connectivity index (χ0v) is 12.6. The maximum absolute atomic E-state index is 5.94. The molecule has 2 aliphatic rings. The molecule has 0 spiro atoms. The van der Waals surface area contributed by atoms with E-state index in [1.54, 1.807) is 0 Å². The van der Waals surface area contributed by atoms with E-state index in [2.05, 4.69) is 9.89 Å². The first-order valence-corrected chi connectivity index (χ1v) is 6.65. The lowest BCUT2D eigenvalue weighted by molar-refractivity contribution is 0.0674. The van der Waals surface area contributed by atoms with Gasteiger partial charge >= 0.3 is 0 Å². The van der Waals surface area contributed by atoms with Crippen LogP contribution >= 0.6 is 35.7 Å². The third kappa shape index (κ3) is 4.29. The molecule has 0 aromatic rings. The summed E-state index contributed by atoms with van der Waals surface area (Å²) in [6.45, 7) is 4.19. The number of hydrogen-bond donors (Lipinski definition) is 1. The monoisotopic (exact) mass is 357 g/mol. The van der Waals surface area contributed by atoms with Gasteiger partial charge in [0.2, 0.25) is 0 Å². The molecule has 0 aromatic carbocycles. The third-order valence-electron chi connectivity index (χ3n) is 2.82. The van der Waals surface area contributed by atoms with Gasteiger partial charge < -0.3 is 15.4 Å². The van der Waals surface area contributed by atoms with Gasteiger partial charge in [-0.3, -0.25) is 4.99 Å². The molecule has 0 radical (unpaired) electrons. The Morgan fingerprint density at radius 1 is 1.44 bits per heavy atom. The van der Waals surface area contributed by atoms with Crippen molar-refractivity contribution in [1.82, 2.24) is 4.90 Å². The van der Waals surface area contributed by atoms with Gasteiger partial charge in [0.25, 0.3) is 0 Å². The van der Waals surface area contributed by atoms with Crippen LogP contribution in [0.4, 0.5) is 0 Å². The van der Waals surface area contributed by atoms with Gasteiger partial charge in [-0.25, -0.2) is 0 Å². The van der Waals surface area contributed by atoms with E-state index in [9.17, 15) is 0 Å². The fourth-order valence-electron chi connectivity index (χ4n) is 1.88. The summed E-state index contributed by atoms with van der Waals surface area (Å²) < 4.78 is 5.27. The van der Waals surface area contributed by atoms with Gasteiger partial charge in [0.1, 0.15) is 0 Å². The number of nitrogens with zero attached hydrogens (tertiary/aromatic N) is 2. The zero-order valence-electron chi connectivity index (χ0n) is 9.43. The fraction of sp³-hybridized carbons (Fsp3) is 0.900. The average molecular weight is 357 g/mol. The predicted octanol–water partition coefficient (Wildman–Crippen LogP) is 1.15. The Morgan fingerprint density at radius 2 is 2.19 bits per heavy atom. The van der Waals surface area contributed by atoms with Crippen molar-refractivity contribution in [3.63, 3.8) is 0 Å². The van der Waals surface area contributed by atoms with E-state index in [-0.39, 0.29) is 24.0 Å². The number of guanidine groups is 1. The Hall–Kier alpha value is 0.310. The van der Waals surface area contributed by atoms with Gasteiger partial charge in [0, 0.05) is 18.3 Å². The van der Waals surface area contributed by atoms with Crippen LogP contribution in [0, 0.1) is 0 Å². The Kier molecular flexibility index (Phi) is 6.83. The first-order valence-electron chi connectivity index (χ1n) is 5.60. The van der Waals surface area contributed by atoms with Crippen molar-refractivity contribution in [2.75, 3.05) is 38.6 Å². The summed E-state index contributed by atoms with van der Waals surface area (Å²) in [6, 6.07) is 0. The maximum atomic E-state index is 5.94. The molecule has 2 heterocycles. The molecule has 4 nitrogen and oxygen atoms in total. The molecule has 16 heavy (non-hydrogen) atoms. The third-order valence-corrected chi connectivity index (χ3v) is 4.20. The minimum absolute atomic E-state index is 0. The molecular weight excluding hydrogens is 337 g/mol. The average Bonchev–Trinajstić information content (AvgIpc) is 2.80. The summed E-state index contributed by atoms with van der Waals surface area (Å²) in [5, 5.41) is 0.699. The van der Waals surface area contributed by atoms with Crippen molar-refractivity contribution < 1.29 is 4.74 Å². The highest BCUT2D eigenvalue weighted by Crippen LogP contribution is 2.26. The van der Waals surface area contributed by atoms with Gasteiger partial charge in [-0.2, -0.15) is 11.8 Å². The van der Waals surface area contributed by atoms with Crippen LogP contribution in [0.5, 0.6) is 0 Å². The van der Waals surface area contributed by atoms with Crippen LogP contribution in [-0.4, -0.2) is 54.7 Å². The molecule has 1 atom stereocenters. The second-order valence-corrected chi connectivity index (χ2v) is 5.34. The zero-order chi connectivity index (χ0) is 10.5. The number of morpholine rings is 1. The first-order chi connectivity index (χ1) is 7.36. The number of nitrogens with two attached hydrogens (primary N) is 1. The highest BCUT2D eigenvalue weighted by molar-refractivity contribution is 14.0. The van der Waals surface area contributed by atoms with E-state index in [1.165, 1.54) is 18.6 Å². The molecule has 2 fully saturated rings. The largest absolute Gasteiger partial charge is 0.378 e. The summed E-state index contributed by atoms with van der Waals surface area (Å²) in [6.07, 6.45) is 2.63. The summed E-state index contributed by atoms with van der Waals surface area (Å²) in [5.74, 6) is 1.99. The first kappa shape index (κ1) is 14.4. The van der Waals surface area contributed by atoms with E-state index < -0.39 is 0 Å². The Bertz CT molecular complexity index is 228. The molecular formula is C10H20IN3OS. The Morgan fingerprint density at radius 3 is 2.81 bits per heavy atom. The highest BCUT2D eigenvalue weighted by Gasteiger charge is 2.16. The van der Waals surface area contributed by atoms with Crippen LogP contribution in [0.2, 0.25) is 0 Å². The standard InChI is InChI=1S/C10H19N3OS.HI/c11-10(13-3-5-14-6-4-13)12-8-9-2-1-7-15-9;/h9H,1-8H2,(H2,11,12);1H. The van der Waals surface area contributed by atoms with Crippen LogP contribution < -0.4 is 5.73 Å². The topological polar surface area (TPSA) is 50.8 Å². The molecule has 2 rings (SSSR count). The fourth-order valence-corrected chi connectivity index (χ4v) is 3.06. The second kappa shape index (κ2) is 7.60. The number of halogens is 1. The maximum Gasteiger partial charge on any atom is 0.191 e. The van der Waals surface area contributed by atoms with Gasteiger partial charge in [-0.1, -0.05) is 0 Å². The summed E-state index contributed by atoms with van der Waals surface area (Å²) in [4.78, 5) is 6.59. The molecule has 0 bridgehead atoms. The number of ether oxygens (including phenoxy) is 1. The van der Waals surface area contributed by atoms with Crippen molar-refractivity contribution in [1.29, 1.82) is 0 Å². The minimum Gasteiger partial charge on any atom is -0.378 e. The Balaban J connectivity index is 0.00000128. The molecule has 0 saturated carbocycles. The van der Waals surface area contributed by atoms with Gasteiger partial charge in [0.15, 0.2) is 5.96 Å². The molecule has 94 valence electrons. The number of hydrogen-bond acceptors (Lipinski definition) is 3. The number of aliphatic imine (C=N–C) groups is 1. The van der Waals surface area contributed by atoms with Crippen molar-refractivity contribution in [2.45, 2.75) is 18.1 Å². The van der Waals surface area contributed by atoms with E-state index >= 15 is 0 Å². The number of thioether (sulfide) groups is 1. The van der Waals surface area contributed by atoms with Crippen molar-refractivity contribution in [3.05, 3.63) is 0 Å². The van der Waals surface area contributed by atoms with Crippen molar-refractivity contribution in [2.24, 2.45) is 10.7 Å². The van der Waals surface area contributed by atoms with E-state index in [0.29, 0.717) is 11.2 Å². The molecule has 2 saturated heterocycles. The summed E-state index contributed by atoms with van der Waals surface area (Å²) in [7, 11) is 0. The molecule has 1 unspecified atom stereocenters. The van der Waals surface area contributed by atoms with Crippen LogP contribution in [0.15, 0.2) is 4.99 Å². The molecule has 6 heteroatoms. The van der Waals surface area contributed by atoms with E-state index in [0.717, 1.165) is 32.8 Å². The highest BCUT2D eigenvalue weighted by atomic mass is 127. The van der Waals surface area contributed by atoms with Crippen LogP contribution in [0.25, 0.3) is 0 Å². The van der Waals surface area contributed by atoms with Gasteiger partial charge in [0.05, 0.1) is 19.8 Å². The number of rotatable bonds is 2. The normalized spacial score (nSPS) is 26.6. The molecule has 2 aliphatic heterocycles. The van der Waals surface area contributed by atoms with Crippen LogP contribution in [0.1, 0.15) is 12.8 Å². The molecule has 0 aromatic heterocycles. The quantitative estimate of drug-likeness (QED) is 0.458. The van der Waals surface area contributed by atoms with Crippen LogP contribution in [-0.2, 0) is 4.74 Å². The lowest BCUT2D eigenvalue weighted by Crippen LogP contribution is -2.45. The lowest BCUT2D eigenvalue weighted by Gasteiger charge is -2.27. The summed E-state index contributed by atoms with van der Waals surface area (Å²) >= 11 is 2.03. The summed E-state index contributed by atoms with van der Waals surface area (Å²) in [5.41, 5.74) is 5.94. The van der Waals surface area contributed by atoms with E-state index in [1.807, 2.05) is 11.8 Å². The predicted molar refractivity (Wildman–Crippen MR) is 79.8 cm³/mol. The smallest absolute Gasteiger partial charge is 0.191 e. The Labute approximate surface area is 118 Å². The lowest BCUT2D eigenvalue weighted by atomic mass is 10.2. The minimum atomic E-state index is 0.